The van der Waals surface area contributed by atoms with Crippen LogP contribution in [0.1, 0.15) is 32.7 Å². The quantitative estimate of drug-likeness (QED) is 0.288. The van der Waals surface area contributed by atoms with Crippen LogP contribution in [0.2, 0.25) is 0 Å². The molecule has 2 heterocycles. The van der Waals surface area contributed by atoms with E-state index in [2.05, 4.69) is 36.0 Å². The molecule has 0 spiro atoms. The third-order valence-electron chi connectivity index (χ3n) is 5.53. The molecule has 14 heteroatoms. The number of nitrogens with one attached hydrogen (secondary N) is 1. The average molecular weight is 569 g/mol. The molecule has 1 saturated carbocycles. The number of nitrogens with zero attached hydrogens (tertiary/aromatic N) is 4. The lowest BCUT2D eigenvalue weighted by Gasteiger charge is -2.36. The van der Waals surface area contributed by atoms with Crippen LogP contribution in [-0.4, -0.2) is 49.9 Å². The number of anilines is 1. The molecule has 35 heavy (non-hydrogen) atoms. The molecule has 188 valence electrons. The van der Waals surface area contributed by atoms with Crippen LogP contribution in [-0.2, 0) is 13.9 Å². The number of carboxylic acid groups (broad SMARTS) is 1. The monoisotopic (exact) mass is 568 g/mol. The SMILES string of the molecule is CCOc1nc(N)nc2c1ncn2C1CC(COP(=O)(N[C@@H](C)C(=O)O)Oc2ccc(Br)cc2)C1. The van der Waals surface area contributed by atoms with Crippen LogP contribution in [0.3, 0.4) is 0 Å². The Morgan fingerprint density at radius 2 is 2.06 bits per heavy atom. The van der Waals surface area contributed by atoms with Crippen molar-refractivity contribution >= 4 is 46.8 Å². The number of ether oxygens (including phenoxy) is 1. The van der Waals surface area contributed by atoms with Crippen molar-refractivity contribution in [2.45, 2.75) is 38.8 Å². The second-order valence-corrected chi connectivity index (χ2v) is 10.8. The van der Waals surface area contributed by atoms with Gasteiger partial charge in [-0.2, -0.15) is 15.1 Å². The van der Waals surface area contributed by atoms with Crippen LogP contribution in [0.4, 0.5) is 5.95 Å². The van der Waals surface area contributed by atoms with E-state index in [1.54, 1.807) is 30.6 Å². The largest absolute Gasteiger partial charge is 0.480 e. The van der Waals surface area contributed by atoms with E-state index in [0.29, 0.717) is 42.2 Å². The Morgan fingerprint density at radius 1 is 1.34 bits per heavy atom. The summed E-state index contributed by atoms with van der Waals surface area (Å²) in [4.78, 5) is 24.1. The van der Waals surface area contributed by atoms with Crippen LogP contribution in [0.15, 0.2) is 35.1 Å². The van der Waals surface area contributed by atoms with Crippen LogP contribution >= 0.6 is 23.7 Å². The zero-order valence-electron chi connectivity index (χ0n) is 19.1. The maximum atomic E-state index is 13.4. The summed E-state index contributed by atoms with van der Waals surface area (Å²) < 4.78 is 32.9. The number of fused-ring (bicyclic) bond motifs is 1. The molecule has 0 amide bonds. The third kappa shape index (κ3) is 5.92. The van der Waals surface area contributed by atoms with Crippen molar-refractivity contribution in [3.05, 3.63) is 35.1 Å². The number of carboxylic acids is 1. The molecule has 1 aromatic carbocycles. The van der Waals surface area contributed by atoms with Gasteiger partial charge < -0.3 is 24.7 Å². The second-order valence-electron chi connectivity index (χ2n) is 8.16. The van der Waals surface area contributed by atoms with E-state index >= 15 is 0 Å². The number of benzene rings is 1. The van der Waals surface area contributed by atoms with E-state index in [0.717, 1.165) is 4.47 Å². The lowest BCUT2D eigenvalue weighted by atomic mass is 9.81. The van der Waals surface area contributed by atoms with E-state index < -0.39 is 19.8 Å². The number of imidazole rings is 1. The molecule has 3 aromatic rings. The third-order valence-corrected chi connectivity index (χ3v) is 7.71. The van der Waals surface area contributed by atoms with Crippen molar-refractivity contribution in [3.8, 4) is 11.6 Å². The van der Waals surface area contributed by atoms with Gasteiger partial charge in [0.1, 0.15) is 11.8 Å². The van der Waals surface area contributed by atoms with Gasteiger partial charge in [-0.25, -0.2) is 9.55 Å². The van der Waals surface area contributed by atoms with Gasteiger partial charge in [0.05, 0.1) is 19.5 Å². The van der Waals surface area contributed by atoms with Crippen molar-refractivity contribution in [2.24, 2.45) is 5.92 Å². The van der Waals surface area contributed by atoms with E-state index in [4.69, 9.17) is 19.5 Å². The highest BCUT2D eigenvalue weighted by Gasteiger charge is 2.37. The summed E-state index contributed by atoms with van der Waals surface area (Å²) in [5, 5.41) is 11.7. The maximum absolute atomic E-state index is 13.4. The van der Waals surface area contributed by atoms with Gasteiger partial charge in [-0.3, -0.25) is 9.32 Å². The van der Waals surface area contributed by atoms with Gasteiger partial charge in [0.2, 0.25) is 11.8 Å². The van der Waals surface area contributed by atoms with Crippen molar-refractivity contribution < 1.29 is 28.3 Å². The summed E-state index contributed by atoms with van der Waals surface area (Å²) >= 11 is 3.33. The molecule has 1 unspecified atom stereocenters. The minimum atomic E-state index is -3.96. The molecular weight excluding hydrogens is 543 g/mol. The smallest absolute Gasteiger partial charge is 0.459 e. The molecule has 0 saturated heterocycles. The van der Waals surface area contributed by atoms with Crippen LogP contribution < -0.4 is 20.1 Å². The summed E-state index contributed by atoms with van der Waals surface area (Å²) in [6, 6.07) is 5.63. The summed E-state index contributed by atoms with van der Waals surface area (Å²) in [5.74, 6) is -0.354. The summed E-state index contributed by atoms with van der Waals surface area (Å²) in [5.41, 5.74) is 6.97. The van der Waals surface area contributed by atoms with Gasteiger partial charge in [-0.05, 0) is 56.9 Å². The molecule has 2 atom stereocenters. The molecule has 4 N–H and O–H groups in total. The van der Waals surface area contributed by atoms with Crippen molar-refractivity contribution in [2.75, 3.05) is 18.9 Å². The lowest BCUT2D eigenvalue weighted by molar-refractivity contribution is -0.138. The standard InChI is InChI=1S/C21H26BrN6O6P/c1-3-32-19-17-18(25-21(23)26-19)28(11-24-17)15-8-13(9-15)10-33-35(31,27-12(2)20(29)30)34-16-6-4-14(22)5-7-16/h4-7,11-13,15H,3,8-10H2,1-2H3,(H,27,31)(H,29,30)(H2,23,25,26)/t12-,13?,15?,35?/m0/s1. The number of nitrogens with two attached hydrogens (primary N) is 1. The first-order valence-corrected chi connectivity index (χ1v) is 13.3. The van der Waals surface area contributed by atoms with Gasteiger partial charge in [-0.15, -0.1) is 0 Å². The zero-order chi connectivity index (χ0) is 25.2. The first-order chi connectivity index (χ1) is 16.7. The number of nitrogen functional groups attached to an aromatic ring is 1. The first-order valence-electron chi connectivity index (χ1n) is 11.0. The molecule has 0 bridgehead atoms. The van der Waals surface area contributed by atoms with Crippen LogP contribution in [0.25, 0.3) is 11.2 Å². The first kappa shape index (κ1) is 25.4. The molecule has 4 rings (SSSR count). The lowest BCUT2D eigenvalue weighted by Crippen LogP contribution is -2.35. The van der Waals surface area contributed by atoms with Gasteiger partial charge in [0.25, 0.3) is 0 Å². The predicted molar refractivity (Wildman–Crippen MR) is 131 cm³/mol. The van der Waals surface area contributed by atoms with E-state index in [9.17, 15) is 14.5 Å². The van der Waals surface area contributed by atoms with Gasteiger partial charge >= 0.3 is 13.7 Å². The fourth-order valence-electron chi connectivity index (χ4n) is 3.70. The maximum Gasteiger partial charge on any atom is 0.459 e. The van der Waals surface area contributed by atoms with Crippen molar-refractivity contribution in [3.63, 3.8) is 0 Å². The number of rotatable bonds is 11. The van der Waals surface area contributed by atoms with E-state index in [-0.39, 0.29) is 24.5 Å². The summed E-state index contributed by atoms with van der Waals surface area (Å²) in [7, 11) is -3.96. The number of hydrogen-bond donors (Lipinski definition) is 3. The zero-order valence-corrected chi connectivity index (χ0v) is 21.6. The Labute approximate surface area is 209 Å². The summed E-state index contributed by atoms with van der Waals surface area (Å²) in [6.07, 6.45) is 3.11. The Balaban J connectivity index is 1.42. The Hall–Kier alpha value is -2.73. The molecule has 1 aliphatic rings. The fraction of sp³-hybridized carbons (Fsp3) is 0.429. The van der Waals surface area contributed by atoms with Gasteiger partial charge in [0, 0.05) is 10.5 Å². The average Bonchev–Trinajstić information content (AvgIpc) is 3.18. The number of aliphatic carboxylic acids is 1. The van der Waals surface area contributed by atoms with Crippen LogP contribution in [0.5, 0.6) is 11.6 Å². The molecule has 1 aliphatic carbocycles. The molecule has 12 nitrogen and oxygen atoms in total. The Bertz CT molecular complexity index is 1250. The summed E-state index contributed by atoms with van der Waals surface area (Å²) in [6.45, 7) is 3.77. The molecule has 0 radical (unpaired) electrons. The number of aromatic nitrogens is 4. The predicted octanol–water partition coefficient (Wildman–Crippen LogP) is 3.79. The number of halogens is 1. The van der Waals surface area contributed by atoms with Crippen LogP contribution in [0, 0.1) is 5.92 Å². The van der Waals surface area contributed by atoms with Gasteiger partial charge in [-0.1, -0.05) is 15.9 Å². The van der Waals surface area contributed by atoms with E-state index in [1.165, 1.54) is 6.92 Å². The molecule has 0 aliphatic heterocycles. The molecular formula is C21H26BrN6O6P. The Kier molecular flexibility index (Phi) is 7.60. The fourth-order valence-corrected chi connectivity index (χ4v) is 5.53. The minimum absolute atomic E-state index is 0.0757. The topological polar surface area (TPSA) is 164 Å². The number of carbonyl (C=O) groups is 1. The Morgan fingerprint density at radius 3 is 2.71 bits per heavy atom. The van der Waals surface area contributed by atoms with Crippen molar-refractivity contribution in [1.82, 2.24) is 24.6 Å². The molecule has 1 fully saturated rings. The second kappa shape index (κ2) is 10.5. The number of hydrogen-bond acceptors (Lipinski definition) is 9. The highest BCUT2D eigenvalue weighted by molar-refractivity contribution is 9.10. The van der Waals surface area contributed by atoms with Crippen molar-refractivity contribution in [1.29, 1.82) is 0 Å². The highest BCUT2D eigenvalue weighted by Crippen LogP contribution is 2.48. The minimum Gasteiger partial charge on any atom is -0.480 e. The highest BCUT2D eigenvalue weighted by atomic mass is 79.9. The normalized spacial score (nSPS) is 20.1. The van der Waals surface area contributed by atoms with Gasteiger partial charge in [0.15, 0.2) is 11.2 Å². The van der Waals surface area contributed by atoms with E-state index in [1.807, 2.05) is 11.5 Å². The molecule has 2 aromatic heterocycles.